The zero-order valence-corrected chi connectivity index (χ0v) is 20.7. The van der Waals surface area contributed by atoms with E-state index < -0.39 is 0 Å². The molecular weight excluding hydrogens is 468 g/mol. The lowest BCUT2D eigenvalue weighted by Gasteiger charge is -2.32. The largest absolute Gasteiger partial charge is 0.491 e. The smallest absolute Gasteiger partial charge is 0.294 e. The van der Waals surface area contributed by atoms with Crippen molar-refractivity contribution in [3.8, 4) is 5.75 Å². The number of hydrogen-bond donors (Lipinski definition) is 0. The van der Waals surface area contributed by atoms with Crippen molar-refractivity contribution in [1.29, 1.82) is 0 Å². The Morgan fingerprint density at radius 2 is 1.89 bits per heavy atom. The minimum atomic E-state index is -0.218. The monoisotopic (exact) mass is 498 g/mol. The third-order valence-electron chi connectivity index (χ3n) is 6.97. The van der Waals surface area contributed by atoms with E-state index in [0.717, 1.165) is 43.8 Å². The molecule has 4 heterocycles. The molecule has 0 atom stereocenters. The molecule has 1 saturated heterocycles. The van der Waals surface area contributed by atoms with Crippen LogP contribution in [-0.4, -0.2) is 67.6 Å². The maximum atomic E-state index is 13.2. The lowest BCUT2D eigenvalue weighted by atomic mass is 10.0. The van der Waals surface area contributed by atoms with Crippen LogP contribution in [-0.2, 0) is 24.4 Å². The van der Waals surface area contributed by atoms with Crippen LogP contribution in [0.5, 0.6) is 5.75 Å². The van der Waals surface area contributed by atoms with Crippen molar-refractivity contribution in [2.24, 2.45) is 0 Å². The Morgan fingerprint density at radius 3 is 2.73 bits per heavy atom. The maximum Gasteiger partial charge on any atom is 0.294 e. The summed E-state index contributed by atoms with van der Waals surface area (Å²) in [5.74, 6) is 1.17. The highest BCUT2D eigenvalue weighted by Crippen LogP contribution is 2.26. The Labute approximate surface area is 215 Å². The zero-order chi connectivity index (χ0) is 25.0. The number of carbonyl (C=O) groups is 1. The number of aromatic nitrogens is 4. The number of hydrogen-bond acceptors (Lipinski definition) is 7. The van der Waals surface area contributed by atoms with Gasteiger partial charge in [-0.15, -0.1) is 5.10 Å². The third-order valence-corrected chi connectivity index (χ3v) is 6.97. The Morgan fingerprint density at radius 1 is 1.03 bits per heavy atom. The van der Waals surface area contributed by atoms with Crippen molar-refractivity contribution >= 4 is 11.7 Å². The molecule has 4 aromatic rings. The van der Waals surface area contributed by atoms with Crippen LogP contribution < -0.4 is 4.74 Å². The molecule has 2 aliphatic heterocycles. The van der Waals surface area contributed by atoms with Crippen molar-refractivity contribution < 1.29 is 14.3 Å². The van der Waals surface area contributed by atoms with Gasteiger partial charge in [0.2, 0.25) is 5.82 Å². The van der Waals surface area contributed by atoms with Crippen molar-refractivity contribution in [3.63, 3.8) is 0 Å². The highest BCUT2D eigenvalue weighted by atomic mass is 16.5. The zero-order valence-electron chi connectivity index (χ0n) is 20.7. The van der Waals surface area contributed by atoms with Gasteiger partial charge in [-0.1, -0.05) is 36.4 Å². The van der Waals surface area contributed by atoms with Crippen LogP contribution in [0.1, 0.15) is 40.2 Å². The second kappa shape index (κ2) is 10.7. The van der Waals surface area contributed by atoms with Crippen LogP contribution in [0, 0.1) is 0 Å². The molecule has 9 heteroatoms. The predicted molar refractivity (Wildman–Crippen MR) is 137 cm³/mol. The molecule has 0 N–H and O–H groups in total. The first kappa shape index (κ1) is 23.6. The highest BCUT2D eigenvalue weighted by molar-refractivity contribution is 5.91. The molecule has 6 rings (SSSR count). The molecule has 2 aromatic heterocycles. The van der Waals surface area contributed by atoms with E-state index in [1.165, 1.54) is 15.6 Å². The van der Waals surface area contributed by atoms with Crippen LogP contribution in [0.3, 0.4) is 0 Å². The van der Waals surface area contributed by atoms with Gasteiger partial charge in [-0.3, -0.25) is 9.69 Å². The summed E-state index contributed by atoms with van der Waals surface area (Å²) >= 11 is 0. The van der Waals surface area contributed by atoms with Gasteiger partial charge in [-0.05, 0) is 42.2 Å². The molecule has 1 amide bonds. The van der Waals surface area contributed by atoms with Crippen molar-refractivity contribution in [1.82, 2.24) is 29.4 Å². The topological polar surface area (TPSA) is 85.1 Å². The standard InChI is InChI=1S/C28H30N6O3/c35-27(26-30-28-29-11-4-12-34(28)31-26)33-15-16-36-25-8-7-22(17-23(25)19-33)18-32-13-9-24(10-14-32)37-20-21-5-2-1-3-6-21/h1-8,11-12,17,24H,9-10,13-16,18-20H2. The van der Waals surface area contributed by atoms with Gasteiger partial charge in [0.1, 0.15) is 12.4 Å². The van der Waals surface area contributed by atoms with Gasteiger partial charge in [0.05, 0.1) is 19.3 Å². The molecule has 0 radical (unpaired) electrons. The van der Waals surface area contributed by atoms with E-state index in [-0.39, 0.29) is 11.7 Å². The average Bonchev–Trinajstić information content (AvgIpc) is 3.26. The van der Waals surface area contributed by atoms with E-state index in [0.29, 0.717) is 38.2 Å². The van der Waals surface area contributed by atoms with Crippen molar-refractivity contribution in [2.75, 3.05) is 26.2 Å². The first-order valence-corrected chi connectivity index (χ1v) is 12.8. The number of piperidine rings is 1. The fourth-order valence-corrected chi connectivity index (χ4v) is 4.96. The Kier molecular flexibility index (Phi) is 6.79. The summed E-state index contributed by atoms with van der Waals surface area (Å²) in [4.78, 5) is 25.9. The summed E-state index contributed by atoms with van der Waals surface area (Å²) in [6.07, 6.45) is 5.74. The van der Waals surface area contributed by atoms with E-state index in [9.17, 15) is 4.79 Å². The first-order valence-electron chi connectivity index (χ1n) is 12.8. The number of benzene rings is 2. The number of likely N-dealkylation sites (tertiary alicyclic amines) is 1. The highest BCUT2D eigenvalue weighted by Gasteiger charge is 2.25. The van der Waals surface area contributed by atoms with E-state index >= 15 is 0 Å². The van der Waals surface area contributed by atoms with Gasteiger partial charge in [-0.2, -0.15) is 4.98 Å². The summed E-state index contributed by atoms with van der Waals surface area (Å²) in [6, 6.07) is 18.4. The molecular formula is C28H30N6O3. The van der Waals surface area contributed by atoms with E-state index in [1.54, 1.807) is 23.4 Å². The van der Waals surface area contributed by atoms with Gasteiger partial charge >= 0.3 is 0 Å². The lowest BCUT2D eigenvalue weighted by molar-refractivity contribution is -0.00394. The van der Waals surface area contributed by atoms with Gasteiger partial charge in [0.15, 0.2) is 0 Å². The molecule has 0 spiro atoms. The molecule has 2 aromatic carbocycles. The second-order valence-corrected chi connectivity index (χ2v) is 9.59. The Bertz CT molecular complexity index is 1330. The molecule has 1 fully saturated rings. The van der Waals surface area contributed by atoms with Crippen molar-refractivity contribution in [2.45, 2.75) is 38.6 Å². The Hall–Kier alpha value is -3.82. The van der Waals surface area contributed by atoms with Gasteiger partial charge < -0.3 is 14.4 Å². The Balaban J connectivity index is 1.07. The normalized spacial score (nSPS) is 16.8. The first-order chi connectivity index (χ1) is 18.2. The van der Waals surface area contributed by atoms with Gasteiger partial charge in [-0.25, -0.2) is 9.50 Å². The van der Waals surface area contributed by atoms with E-state index in [4.69, 9.17) is 9.47 Å². The third kappa shape index (κ3) is 5.47. The van der Waals surface area contributed by atoms with Gasteiger partial charge in [0, 0.05) is 44.1 Å². The van der Waals surface area contributed by atoms with Crippen LogP contribution in [0.15, 0.2) is 67.0 Å². The number of ether oxygens (including phenoxy) is 2. The number of nitrogens with zero attached hydrogens (tertiary/aromatic N) is 6. The second-order valence-electron chi connectivity index (χ2n) is 9.59. The van der Waals surface area contributed by atoms with E-state index in [1.807, 2.05) is 12.1 Å². The lowest BCUT2D eigenvalue weighted by Crippen LogP contribution is -2.36. The van der Waals surface area contributed by atoms with Gasteiger partial charge in [0.25, 0.3) is 11.7 Å². The molecule has 9 nitrogen and oxygen atoms in total. The average molecular weight is 499 g/mol. The molecule has 37 heavy (non-hydrogen) atoms. The fourth-order valence-electron chi connectivity index (χ4n) is 4.96. The number of amides is 1. The molecule has 0 saturated carbocycles. The minimum absolute atomic E-state index is 0.149. The van der Waals surface area contributed by atoms with Crippen molar-refractivity contribution in [3.05, 3.63) is 89.5 Å². The summed E-state index contributed by atoms with van der Waals surface area (Å²) < 4.78 is 13.6. The molecule has 190 valence electrons. The summed E-state index contributed by atoms with van der Waals surface area (Å²) in [5, 5.41) is 4.30. The van der Waals surface area contributed by atoms with E-state index in [2.05, 4.69) is 56.4 Å². The quantitative estimate of drug-likeness (QED) is 0.403. The van der Waals surface area contributed by atoms with Crippen LogP contribution in [0.2, 0.25) is 0 Å². The summed E-state index contributed by atoms with van der Waals surface area (Å²) in [5.41, 5.74) is 3.44. The summed E-state index contributed by atoms with van der Waals surface area (Å²) in [7, 11) is 0. The number of fused-ring (bicyclic) bond motifs is 2. The fraction of sp³-hybridized carbons (Fsp3) is 0.357. The SMILES string of the molecule is O=C(c1nc2ncccn2n1)N1CCOc2ccc(CN3CCC(OCc4ccccc4)CC3)cc2C1. The molecule has 2 aliphatic rings. The number of carbonyl (C=O) groups excluding carboxylic acids is 1. The predicted octanol–water partition coefficient (Wildman–Crippen LogP) is 3.34. The minimum Gasteiger partial charge on any atom is -0.491 e. The maximum absolute atomic E-state index is 13.2. The van der Waals surface area contributed by atoms with Crippen LogP contribution in [0.4, 0.5) is 0 Å². The van der Waals surface area contributed by atoms with Crippen LogP contribution in [0.25, 0.3) is 5.78 Å². The van der Waals surface area contributed by atoms with Crippen LogP contribution >= 0.6 is 0 Å². The summed E-state index contributed by atoms with van der Waals surface area (Å²) in [6.45, 7) is 4.91. The molecule has 0 bridgehead atoms. The molecule has 0 unspecified atom stereocenters. The molecule has 0 aliphatic carbocycles. The number of rotatable bonds is 6.